The first kappa shape index (κ1) is 19.0. The number of amides is 1. The van der Waals surface area contributed by atoms with Crippen LogP contribution in [0.3, 0.4) is 0 Å². The van der Waals surface area contributed by atoms with E-state index in [4.69, 9.17) is 22.1 Å². The minimum Gasteiger partial charge on any atom is -0.410 e. The van der Waals surface area contributed by atoms with Crippen LogP contribution in [0, 0.1) is 0 Å². The van der Waals surface area contributed by atoms with E-state index < -0.39 is 6.09 Å². The normalized spacial score (nSPS) is 10.4. The van der Waals surface area contributed by atoms with Crippen molar-refractivity contribution >= 4 is 17.7 Å². The van der Waals surface area contributed by atoms with Crippen LogP contribution in [0.15, 0.2) is 72.8 Å². The minimum atomic E-state index is -0.465. The van der Waals surface area contributed by atoms with Gasteiger partial charge in [-0.15, -0.1) is 0 Å². The van der Waals surface area contributed by atoms with E-state index in [-0.39, 0.29) is 0 Å². The Bertz CT molecular complexity index is 876. The molecule has 3 aromatic carbocycles. The number of halogens is 1. The van der Waals surface area contributed by atoms with E-state index in [1.54, 1.807) is 12.1 Å². The molecule has 0 unspecified atom stereocenters. The van der Waals surface area contributed by atoms with Gasteiger partial charge in [-0.05, 0) is 52.9 Å². The van der Waals surface area contributed by atoms with Crippen LogP contribution in [0.4, 0.5) is 4.79 Å². The van der Waals surface area contributed by atoms with E-state index in [0.717, 1.165) is 28.7 Å². The third-order valence-corrected chi connectivity index (χ3v) is 4.44. The van der Waals surface area contributed by atoms with Gasteiger partial charge in [0, 0.05) is 18.1 Å². The Morgan fingerprint density at radius 2 is 1.41 bits per heavy atom. The quantitative estimate of drug-likeness (QED) is 0.645. The zero-order valence-electron chi connectivity index (χ0n) is 14.8. The first-order valence-corrected chi connectivity index (χ1v) is 9.11. The predicted octanol–water partition coefficient (Wildman–Crippen LogP) is 4.80. The number of carbonyl (C=O) groups is 1. The Morgan fingerprint density at radius 1 is 0.852 bits per heavy atom. The second kappa shape index (κ2) is 9.21. The Balaban J connectivity index is 1.48. The van der Waals surface area contributed by atoms with Gasteiger partial charge in [-0.1, -0.05) is 60.1 Å². The van der Waals surface area contributed by atoms with Crippen LogP contribution in [0.2, 0.25) is 5.02 Å². The summed E-state index contributed by atoms with van der Waals surface area (Å²) in [6.07, 6.45) is 0.267. The van der Waals surface area contributed by atoms with Gasteiger partial charge in [-0.3, -0.25) is 0 Å². The molecule has 0 atom stereocenters. The fourth-order valence-electron chi connectivity index (χ4n) is 2.65. The summed E-state index contributed by atoms with van der Waals surface area (Å²) in [5, 5.41) is 3.46. The van der Waals surface area contributed by atoms with Gasteiger partial charge >= 0.3 is 6.09 Å². The largest absolute Gasteiger partial charge is 0.412 e. The Kier molecular flexibility index (Phi) is 6.47. The number of hydrogen-bond acceptors (Lipinski definition) is 3. The summed E-state index contributed by atoms with van der Waals surface area (Å²) in [7, 11) is 0. The molecule has 0 aromatic heterocycles. The molecule has 0 spiro atoms. The third kappa shape index (κ3) is 5.58. The summed E-state index contributed by atoms with van der Waals surface area (Å²) >= 11 is 5.91. The first-order valence-electron chi connectivity index (χ1n) is 8.73. The van der Waals surface area contributed by atoms with Gasteiger partial charge in [0.15, 0.2) is 0 Å². The topological polar surface area (TPSA) is 64.3 Å². The van der Waals surface area contributed by atoms with Crippen LogP contribution < -0.4 is 15.8 Å². The molecular weight excluding hydrogens is 360 g/mol. The number of rotatable bonds is 6. The van der Waals surface area contributed by atoms with Gasteiger partial charge in [0.05, 0.1) is 0 Å². The highest BCUT2D eigenvalue weighted by Crippen LogP contribution is 2.23. The molecule has 138 valence electrons. The van der Waals surface area contributed by atoms with E-state index in [9.17, 15) is 4.79 Å². The molecule has 0 heterocycles. The van der Waals surface area contributed by atoms with E-state index in [1.807, 2.05) is 60.7 Å². The van der Waals surface area contributed by atoms with Crippen LogP contribution in [0.1, 0.15) is 11.1 Å². The third-order valence-electron chi connectivity index (χ3n) is 4.18. The smallest absolute Gasteiger partial charge is 0.410 e. The molecule has 0 aliphatic rings. The summed E-state index contributed by atoms with van der Waals surface area (Å²) in [6.45, 7) is 1.03. The summed E-state index contributed by atoms with van der Waals surface area (Å²) in [5.41, 5.74) is 9.89. The standard InChI is InChI=1S/C22H21ClN2O2/c23-20-9-5-18(6-10-20)19-7-11-21(12-8-19)27-22(26)25-14-13-16-1-3-17(15-24)4-2-16/h1-12H,13-15,24H2,(H,25,26). The van der Waals surface area contributed by atoms with Gasteiger partial charge in [0.1, 0.15) is 5.75 Å². The summed E-state index contributed by atoms with van der Waals surface area (Å²) in [4.78, 5) is 11.9. The minimum absolute atomic E-state index is 0.465. The van der Waals surface area contributed by atoms with E-state index in [0.29, 0.717) is 23.9 Å². The maximum atomic E-state index is 11.9. The van der Waals surface area contributed by atoms with Crippen LogP contribution >= 0.6 is 11.6 Å². The van der Waals surface area contributed by atoms with Crippen LogP contribution in [-0.2, 0) is 13.0 Å². The molecule has 27 heavy (non-hydrogen) atoms. The van der Waals surface area contributed by atoms with Gasteiger partial charge in [0.2, 0.25) is 0 Å². The van der Waals surface area contributed by atoms with Crippen molar-refractivity contribution in [1.29, 1.82) is 0 Å². The number of ether oxygens (including phenoxy) is 1. The van der Waals surface area contributed by atoms with Crippen LogP contribution in [-0.4, -0.2) is 12.6 Å². The highest BCUT2D eigenvalue weighted by atomic mass is 35.5. The zero-order chi connectivity index (χ0) is 19.1. The fraction of sp³-hybridized carbons (Fsp3) is 0.136. The van der Waals surface area contributed by atoms with Crippen molar-refractivity contribution in [1.82, 2.24) is 5.32 Å². The lowest BCUT2D eigenvalue weighted by Gasteiger charge is -2.08. The maximum absolute atomic E-state index is 11.9. The van der Waals surface area contributed by atoms with Crippen molar-refractivity contribution in [2.45, 2.75) is 13.0 Å². The Hall–Kier alpha value is -2.82. The van der Waals surface area contributed by atoms with Crippen molar-refractivity contribution in [3.05, 3.63) is 88.9 Å². The molecule has 0 aliphatic heterocycles. The van der Waals surface area contributed by atoms with Crippen molar-refractivity contribution < 1.29 is 9.53 Å². The molecule has 0 bridgehead atoms. The number of nitrogens with two attached hydrogens (primary N) is 1. The number of benzene rings is 3. The molecule has 4 nitrogen and oxygen atoms in total. The molecule has 3 aromatic rings. The van der Waals surface area contributed by atoms with E-state index in [2.05, 4.69) is 5.32 Å². The molecule has 0 fully saturated rings. The molecule has 3 rings (SSSR count). The summed E-state index contributed by atoms with van der Waals surface area (Å²) < 4.78 is 5.31. The lowest BCUT2D eigenvalue weighted by Crippen LogP contribution is -2.28. The molecule has 0 radical (unpaired) electrons. The van der Waals surface area contributed by atoms with Gasteiger partial charge in [0.25, 0.3) is 0 Å². The van der Waals surface area contributed by atoms with Crippen molar-refractivity contribution in [2.24, 2.45) is 5.73 Å². The lowest BCUT2D eigenvalue weighted by molar-refractivity contribution is 0.200. The molecular formula is C22H21ClN2O2. The molecule has 0 saturated heterocycles. The van der Waals surface area contributed by atoms with Gasteiger partial charge < -0.3 is 15.8 Å². The van der Waals surface area contributed by atoms with Crippen molar-refractivity contribution in [3.8, 4) is 16.9 Å². The molecule has 5 heteroatoms. The maximum Gasteiger partial charge on any atom is 0.412 e. The average molecular weight is 381 g/mol. The van der Waals surface area contributed by atoms with Crippen molar-refractivity contribution in [3.63, 3.8) is 0 Å². The summed E-state index contributed by atoms with van der Waals surface area (Å²) in [6, 6.07) is 23.0. The Morgan fingerprint density at radius 3 is 2.00 bits per heavy atom. The predicted molar refractivity (Wildman–Crippen MR) is 109 cm³/mol. The molecule has 0 saturated carbocycles. The lowest BCUT2D eigenvalue weighted by atomic mass is 10.1. The zero-order valence-corrected chi connectivity index (χ0v) is 15.6. The van der Waals surface area contributed by atoms with Crippen molar-refractivity contribution in [2.75, 3.05) is 6.54 Å². The van der Waals surface area contributed by atoms with E-state index in [1.165, 1.54) is 0 Å². The second-order valence-electron chi connectivity index (χ2n) is 6.12. The molecule has 0 aliphatic carbocycles. The number of nitrogens with one attached hydrogen (secondary N) is 1. The second-order valence-corrected chi connectivity index (χ2v) is 6.55. The number of hydrogen-bond donors (Lipinski definition) is 2. The average Bonchev–Trinajstić information content (AvgIpc) is 2.70. The van der Waals surface area contributed by atoms with Gasteiger partial charge in [-0.2, -0.15) is 0 Å². The van der Waals surface area contributed by atoms with Crippen LogP contribution in [0.5, 0.6) is 5.75 Å². The number of carbonyl (C=O) groups excluding carboxylic acids is 1. The fourth-order valence-corrected chi connectivity index (χ4v) is 2.78. The molecule has 1 amide bonds. The van der Waals surface area contributed by atoms with Crippen LogP contribution in [0.25, 0.3) is 11.1 Å². The van der Waals surface area contributed by atoms with E-state index >= 15 is 0 Å². The molecule has 3 N–H and O–H groups in total. The first-order chi connectivity index (χ1) is 13.1. The Labute approximate surface area is 163 Å². The summed E-state index contributed by atoms with van der Waals surface area (Å²) in [5.74, 6) is 0.498. The monoisotopic (exact) mass is 380 g/mol. The highest BCUT2D eigenvalue weighted by molar-refractivity contribution is 6.30. The van der Waals surface area contributed by atoms with Gasteiger partial charge in [-0.25, -0.2) is 4.79 Å². The SMILES string of the molecule is NCc1ccc(CCNC(=O)Oc2ccc(-c3ccc(Cl)cc3)cc2)cc1. The highest BCUT2D eigenvalue weighted by Gasteiger charge is 2.05.